The summed E-state index contributed by atoms with van der Waals surface area (Å²) in [6, 6.07) is 0. The molecule has 1 aromatic heterocycles. The van der Waals surface area contributed by atoms with Crippen LogP contribution in [0.1, 0.15) is 26.5 Å². The first-order chi connectivity index (χ1) is 5.45. The van der Waals surface area contributed by atoms with Crippen LogP contribution < -0.4 is 11.1 Å². The summed E-state index contributed by atoms with van der Waals surface area (Å²) in [6.07, 6.45) is 0. The van der Waals surface area contributed by atoms with Gasteiger partial charge in [0, 0.05) is 12.5 Å². The first-order valence-corrected chi connectivity index (χ1v) is 3.77. The molecule has 0 aliphatic rings. The van der Waals surface area contributed by atoms with Gasteiger partial charge in [-0.2, -0.15) is 0 Å². The number of hydrogen-bond donors (Lipinski definition) is 1. The summed E-state index contributed by atoms with van der Waals surface area (Å²) in [5, 5.41) is 2.76. The van der Waals surface area contributed by atoms with E-state index in [9.17, 15) is 4.79 Å². The molecule has 68 valence electrons. The van der Waals surface area contributed by atoms with E-state index >= 15 is 0 Å². The maximum absolute atomic E-state index is 10.7. The van der Waals surface area contributed by atoms with Crippen molar-refractivity contribution in [2.75, 3.05) is 12.4 Å². The molecule has 0 saturated carbocycles. The van der Waals surface area contributed by atoms with E-state index < -0.39 is 5.82 Å². The zero-order valence-electron chi connectivity index (χ0n) is 7.72. The molecule has 1 rings (SSSR count). The van der Waals surface area contributed by atoms with Gasteiger partial charge < -0.3 is 14.2 Å². The van der Waals surface area contributed by atoms with E-state index in [0.29, 0.717) is 11.6 Å². The molecular weight excluding hydrogens is 158 g/mol. The Hall–Kier alpha value is -1.19. The third-order valence-electron chi connectivity index (χ3n) is 1.49. The van der Waals surface area contributed by atoms with Crippen LogP contribution in [0.5, 0.6) is 0 Å². The molecule has 0 aliphatic heterocycles. The fraction of sp³-hybridized carbons (Fsp3) is 0.625. The van der Waals surface area contributed by atoms with E-state index in [1.807, 2.05) is 20.8 Å². The second-order valence-electron chi connectivity index (χ2n) is 3.61. The van der Waals surface area contributed by atoms with Crippen LogP contribution in [0.3, 0.4) is 0 Å². The normalized spacial score (nSPS) is 11.7. The summed E-state index contributed by atoms with van der Waals surface area (Å²) in [5.41, 5.74) is -0.218. The van der Waals surface area contributed by atoms with Crippen molar-refractivity contribution >= 4 is 5.88 Å². The van der Waals surface area contributed by atoms with E-state index in [1.54, 1.807) is 7.05 Å². The van der Waals surface area contributed by atoms with Crippen LogP contribution in [0.2, 0.25) is 0 Å². The van der Waals surface area contributed by atoms with E-state index in [4.69, 9.17) is 8.83 Å². The van der Waals surface area contributed by atoms with Crippen LogP contribution in [0, 0.1) is 0 Å². The largest absolute Gasteiger partial charge is 0.520 e. The molecule has 4 nitrogen and oxygen atoms in total. The molecule has 0 spiro atoms. The van der Waals surface area contributed by atoms with E-state index in [0.717, 1.165) is 0 Å². The standard InChI is InChI=1S/C8H13NO3/c1-8(2,3)5-6(9-4)12-7(10)11-5/h9H,1-4H3. The van der Waals surface area contributed by atoms with Crippen LogP contribution in [0.15, 0.2) is 13.6 Å². The zero-order chi connectivity index (χ0) is 9.35. The highest BCUT2D eigenvalue weighted by Gasteiger charge is 2.24. The summed E-state index contributed by atoms with van der Waals surface area (Å²) in [7, 11) is 1.68. The van der Waals surface area contributed by atoms with Gasteiger partial charge in [-0.15, -0.1) is 0 Å². The Morgan fingerprint density at radius 2 is 1.83 bits per heavy atom. The van der Waals surface area contributed by atoms with Crippen molar-refractivity contribution in [1.29, 1.82) is 0 Å². The van der Waals surface area contributed by atoms with Crippen LogP contribution in [-0.4, -0.2) is 7.05 Å². The van der Waals surface area contributed by atoms with Gasteiger partial charge in [-0.05, 0) is 0 Å². The minimum atomic E-state index is -0.663. The van der Waals surface area contributed by atoms with Crippen molar-refractivity contribution < 1.29 is 8.83 Å². The molecule has 12 heavy (non-hydrogen) atoms. The van der Waals surface area contributed by atoms with Crippen LogP contribution in [-0.2, 0) is 5.41 Å². The second kappa shape index (κ2) is 2.69. The lowest BCUT2D eigenvalue weighted by atomic mass is 9.93. The van der Waals surface area contributed by atoms with Gasteiger partial charge in [-0.1, -0.05) is 20.8 Å². The Morgan fingerprint density at radius 3 is 2.17 bits per heavy atom. The topological polar surface area (TPSA) is 55.4 Å². The third kappa shape index (κ3) is 1.52. The van der Waals surface area contributed by atoms with Gasteiger partial charge in [-0.3, -0.25) is 0 Å². The predicted molar refractivity (Wildman–Crippen MR) is 45.5 cm³/mol. The average Bonchev–Trinajstić information content (AvgIpc) is 2.29. The monoisotopic (exact) mass is 171 g/mol. The van der Waals surface area contributed by atoms with Gasteiger partial charge in [0.05, 0.1) is 0 Å². The molecule has 1 heterocycles. The van der Waals surface area contributed by atoms with E-state index in [2.05, 4.69) is 5.32 Å². The first-order valence-electron chi connectivity index (χ1n) is 3.77. The Morgan fingerprint density at radius 1 is 1.25 bits per heavy atom. The summed E-state index contributed by atoms with van der Waals surface area (Å²) < 4.78 is 9.64. The summed E-state index contributed by atoms with van der Waals surface area (Å²) in [6.45, 7) is 5.84. The molecule has 1 aromatic rings. The molecule has 0 amide bonds. The Bertz CT molecular complexity index is 316. The molecule has 0 atom stereocenters. The van der Waals surface area contributed by atoms with Gasteiger partial charge in [-0.25, -0.2) is 4.79 Å². The maximum Gasteiger partial charge on any atom is 0.520 e. The first kappa shape index (κ1) is 8.90. The Balaban J connectivity index is 3.23. The van der Waals surface area contributed by atoms with Crippen molar-refractivity contribution in [2.45, 2.75) is 26.2 Å². The number of hydrogen-bond acceptors (Lipinski definition) is 4. The number of nitrogens with one attached hydrogen (secondary N) is 1. The Kier molecular flexibility index (Phi) is 2.00. The van der Waals surface area contributed by atoms with Crippen LogP contribution in [0.25, 0.3) is 0 Å². The highest BCUT2D eigenvalue weighted by molar-refractivity contribution is 5.37. The van der Waals surface area contributed by atoms with Gasteiger partial charge >= 0.3 is 5.82 Å². The van der Waals surface area contributed by atoms with E-state index in [-0.39, 0.29) is 5.41 Å². The summed E-state index contributed by atoms with van der Waals surface area (Å²) >= 11 is 0. The molecule has 0 saturated heterocycles. The molecule has 0 radical (unpaired) electrons. The molecular formula is C8H13NO3. The van der Waals surface area contributed by atoms with Crippen molar-refractivity contribution in [3.05, 3.63) is 16.4 Å². The SMILES string of the molecule is CNc1oc(=O)oc1C(C)(C)C. The quantitative estimate of drug-likeness (QED) is 0.696. The Labute approximate surface area is 70.6 Å². The lowest BCUT2D eigenvalue weighted by molar-refractivity contribution is 0.346. The fourth-order valence-electron chi connectivity index (χ4n) is 0.938. The van der Waals surface area contributed by atoms with Crippen LogP contribution >= 0.6 is 0 Å². The van der Waals surface area contributed by atoms with Crippen LogP contribution in [0.4, 0.5) is 5.88 Å². The average molecular weight is 171 g/mol. The molecule has 0 unspecified atom stereocenters. The third-order valence-corrected chi connectivity index (χ3v) is 1.49. The van der Waals surface area contributed by atoms with Gasteiger partial charge in [0.25, 0.3) is 0 Å². The molecule has 1 N–H and O–H groups in total. The lowest BCUT2D eigenvalue weighted by Gasteiger charge is -2.14. The highest BCUT2D eigenvalue weighted by atomic mass is 16.6. The molecule has 0 aromatic carbocycles. The molecule has 0 bridgehead atoms. The van der Waals surface area contributed by atoms with Gasteiger partial charge in [0.1, 0.15) is 0 Å². The summed E-state index contributed by atoms with van der Waals surface area (Å²) in [4.78, 5) is 10.7. The van der Waals surface area contributed by atoms with Crippen molar-refractivity contribution in [2.24, 2.45) is 0 Å². The van der Waals surface area contributed by atoms with Crippen molar-refractivity contribution in [1.82, 2.24) is 0 Å². The minimum Gasteiger partial charge on any atom is -0.393 e. The minimum absolute atomic E-state index is 0.218. The molecule has 0 fully saturated rings. The molecule has 4 heteroatoms. The van der Waals surface area contributed by atoms with Crippen molar-refractivity contribution in [3.8, 4) is 0 Å². The van der Waals surface area contributed by atoms with Crippen molar-refractivity contribution in [3.63, 3.8) is 0 Å². The highest BCUT2D eigenvalue weighted by Crippen LogP contribution is 2.27. The zero-order valence-corrected chi connectivity index (χ0v) is 7.72. The summed E-state index contributed by atoms with van der Waals surface area (Å²) in [5.74, 6) is 0.298. The predicted octanol–water partition coefficient (Wildman–Crippen LogP) is 1.57. The number of rotatable bonds is 1. The maximum atomic E-state index is 10.7. The van der Waals surface area contributed by atoms with Gasteiger partial charge in [0.2, 0.25) is 5.88 Å². The number of anilines is 1. The lowest BCUT2D eigenvalue weighted by Crippen LogP contribution is -2.12. The fourth-order valence-corrected chi connectivity index (χ4v) is 0.938. The smallest absolute Gasteiger partial charge is 0.393 e. The second-order valence-corrected chi connectivity index (χ2v) is 3.61. The van der Waals surface area contributed by atoms with E-state index in [1.165, 1.54) is 0 Å². The molecule has 0 aliphatic carbocycles. The van der Waals surface area contributed by atoms with Gasteiger partial charge in [0.15, 0.2) is 5.76 Å².